The second kappa shape index (κ2) is 8.37. The fourth-order valence-electron chi connectivity index (χ4n) is 3.29. The summed E-state index contributed by atoms with van der Waals surface area (Å²) in [6.45, 7) is 6.01. The molecule has 0 aromatic carbocycles. The highest BCUT2D eigenvalue weighted by molar-refractivity contribution is 7.86. The average molecular weight is 429 g/mol. The van der Waals surface area contributed by atoms with Crippen LogP contribution in [0.2, 0.25) is 0 Å². The van der Waals surface area contributed by atoms with Crippen LogP contribution >= 0.6 is 0 Å². The maximum absolute atomic E-state index is 13.2. The normalized spacial score (nSPS) is 23.7. The van der Waals surface area contributed by atoms with Gasteiger partial charge in [0, 0.05) is 13.7 Å². The first-order valence-corrected chi connectivity index (χ1v) is 10.1. The Labute approximate surface area is 169 Å². The molecule has 1 aliphatic heterocycles. The van der Waals surface area contributed by atoms with E-state index < -0.39 is 33.5 Å². The summed E-state index contributed by atoms with van der Waals surface area (Å²) in [5, 5.41) is 4.28. The Morgan fingerprint density at radius 3 is 2.90 bits per heavy atom. The van der Waals surface area contributed by atoms with Crippen molar-refractivity contribution in [2.45, 2.75) is 48.5 Å². The average Bonchev–Trinajstić information content (AvgIpc) is 3.10. The SMILES string of the molecule is C=Cc1cc(C2CC(C)(S(=O)c3cccc(C(F)(F)F)n3)CCO2)n(COC)n1. The number of halogens is 3. The highest BCUT2D eigenvalue weighted by Crippen LogP contribution is 2.40. The smallest absolute Gasteiger partial charge is 0.372 e. The molecule has 3 heterocycles. The number of rotatable bonds is 6. The van der Waals surface area contributed by atoms with Gasteiger partial charge in [-0.25, -0.2) is 9.67 Å². The fourth-order valence-corrected chi connectivity index (χ4v) is 4.75. The van der Waals surface area contributed by atoms with E-state index >= 15 is 0 Å². The molecule has 0 radical (unpaired) electrons. The van der Waals surface area contributed by atoms with Gasteiger partial charge in [0.15, 0.2) is 0 Å². The first-order chi connectivity index (χ1) is 13.7. The lowest BCUT2D eigenvalue weighted by Gasteiger charge is -2.37. The molecule has 1 aliphatic rings. The number of pyridine rings is 1. The zero-order chi connectivity index (χ0) is 21.2. The summed E-state index contributed by atoms with van der Waals surface area (Å²) in [7, 11) is -0.212. The van der Waals surface area contributed by atoms with Gasteiger partial charge in [0.2, 0.25) is 0 Å². The number of aromatic nitrogens is 3. The third-order valence-corrected chi connectivity index (χ3v) is 6.71. The quantitative estimate of drug-likeness (QED) is 0.695. The topological polar surface area (TPSA) is 66.2 Å². The van der Waals surface area contributed by atoms with Crippen molar-refractivity contribution in [1.29, 1.82) is 0 Å². The van der Waals surface area contributed by atoms with Gasteiger partial charge in [0.05, 0.1) is 26.9 Å². The van der Waals surface area contributed by atoms with E-state index in [1.54, 1.807) is 24.8 Å². The molecule has 3 unspecified atom stereocenters. The van der Waals surface area contributed by atoms with E-state index in [0.717, 1.165) is 11.8 Å². The number of alkyl halides is 3. The van der Waals surface area contributed by atoms with Crippen molar-refractivity contribution in [3.63, 3.8) is 0 Å². The van der Waals surface area contributed by atoms with Crippen LogP contribution in [-0.4, -0.2) is 37.4 Å². The molecule has 1 saturated heterocycles. The van der Waals surface area contributed by atoms with Crippen molar-refractivity contribution < 1.29 is 26.9 Å². The van der Waals surface area contributed by atoms with Crippen LogP contribution in [-0.2, 0) is 33.2 Å². The molecule has 0 spiro atoms. The van der Waals surface area contributed by atoms with Gasteiger partial charge in [-0.05, 0) is 44.0 Å². The van der Waals surface area contributed by atoms with Gasteiger partial charge in [-0.15, -0.1) is 0 Å². The van der Waals surface area contributed by atoms with E-state index in [2.05, 4.69) is 16.7 Å². The minimum absolute atomic E-state index is 0.0832. The van der Waals surface area contributed by atoms with E-state index in [9.17, 15) is 17.4 Å². The predicted molar refractivity (Wildman–Crippen MR) is 101 cm³/mol. The molecule has 3 rings (SSSR count). The monoisotopic (exact) mass is 429 g/mol. The van der Waals surface area contributed by atoms with Crippen molar-refractivity contribution in [3.8, 4) is 0 Å². The fraction of sp³-hybridized carbons (Fsp3) is 0.474. The molecular formula is C19H22F3N3O3S. The predicted octanol–water partition coefficient (Wildman–Crippen LogP) is 3.96. The van der Waals surface area contributed by atoms with Gasteiger partial charge in [-0.3, -0.25) is 4.21 Å². The van der Waals surface area contributed by atoms with E-state index in [1.807, 2.05) is 6.07 Å². The third kappa shape index (κ3) is 4.59. The Hall–Kier alpha value is -2.04. The zero-order valence-electron chi connectivity index (χ0n) is 16.1. The van der Waals surface area contributed by atoms with Crippen molar-refractivity contribution >= 4 is 16.9 Å². The molecule has 1 fully saturated rings. The molecule has 29 heavy (non-hydrogen) atoms. The third-order valence-electron chi connectivity index (χ3n) is 4.84. The van der Waals surface area contributed by atoms with Gasteiger partial charge >= 0.3 is 6.18 Å². The Bertz CT molecular complexity index is 916. The standard InChI is InChI=1S/C19H22F3N3O3S/c1-4-13-10-14(25(24-13)12-27-3)15-11-18(2,8-9-28-15)29(26)17-7-5-6-16(23-17)19(20,21)22/h4-7,10,15H,1,8-9,11-12H2,2-3H3. The van der Waals surface area contributed by atoms with Crippen LogP contribution in [0.1, 0.15) is 43.0 Å². The number of methoxy groups -OCH3 is 1. The molecule has 158 valence electrons. The number of hydrogen-bond donors (Lipinski definition) is 0. The van der Waals surface area contributed by atoms with Crippen molar-refractivity contribution in [3.05, 3.63) is 47.9 Å². The van der Waals surface area contributed by atoms with E-state index in [-0.39, 0.29) is 11.8 Å². The second-order valence-corrected chi connectivity index (χ2v) is 8.95. The Balaban J connectivity index is 1.89. The molecule has 0 bridgehead atoms. The van der Waals surface area contributed by atoms with Gasteiger partial charge < -0.3 is 9.47 Å². The summed E-state index contributed by atoms with van der Waals surface area (Å²) >= 11 is 0. The Kier molecular flexibility index (Phi) is 6.25. The summed E-state index contributed by atoms with van der Waals surface area (Å²) in [6, 6.07) is 5.28. The highest BCUT2D eigenvalue weighted by Gasteiger charge is 2.42. The maximum atomic E-state index is 13.2. The molecule has 0 aliphatic carbocycles. The van der Waals surface area contributed by atoms with Crippen molar-refractivity contribution in [2.24, 2.45) is 0 Å². The lowest BCUT2D eigenvalue weighted by Crippen LogP contribution is -2.39. The van der Waals surface area contributed by atoms with Crippen LogP contribution in [0, 0.1) is 0 Å². The van der Waals surface area contributed by atoms with Gasteiger partial charge in [0.25, 0.3) is 0 Å². The molecular weight excluding hydrogens is 407 g/mol. The van der Waals surface area contributed by atoms with Crippen molar-refractivity contribution in [2.75, 3.05) is 13.7 Å². The van der Waals surface area contributed by atoms with Crippen LogP contribution in [0.5, 0.6) is 0 Å². The van der Waals surface area contributed by atoms with Gasteiger partial charge in [0.1, 0.15) is 23.6 Å². The lowest BCUT2D eigenvalue weighted by atomic mass is 9.94. The van der Waals surface area contributed by atoms with E-state index in [0.29, 0.717) is 25.1 Å². The number of hydrogen-bond acceptors (Lipinski definition) is 5. The number of nitrogens with zero attached hydrogens (tertiary/aromatic N) is 3. The first-order valence-electron chi connectivity index (χ1n) is 8.95. The van der Waals surface area contributed by atoms with Crippen LogP contribution in [0.4, 0.5) is 13.2 Å². The molecule has 0 amide bonds. The van der Waals surface area contributed by atoms with E-state index in [4.69, 9.17) is 9.47 Å². The summed E-state index contributed by atoms with van der Waals surface area (Å²) in [6.07, 6.45) is -2.65. The van der Waals surface area contributed by atoms with Crippen LogP contribution < -0.4 is 0 Å². The minimum atomic E-state index is -4.59. The molecule has 6 nitrogen and oxygen atoms in total. The molecule has 2 aromatic heterocycles. The number of ether oxygens (including phenoxy) is 2. The second-order valence-electron chi connectivity index (χ2n) is 7.01. The molecule has 3 atom stereocenters. The summed E-state index contributed by atoms with van der Waals surface area (Å²) in [5.74, 6) is 0. The van der Waals surface area contributed by atoms with Crippen LogP contribution in [0.25, 0.3) is 6.08 Å². The summed E-state index contributed by atoms with van der Waals surface area (Å²) in [4.78, 5) is 3.61. The van der Waals surface area contributed by atoms with Crippen LogP contribution in [0.15, 0.2) is 35.9 Å². The first kappa shape index (κ1) is 21.7. The molecule has 2 aromatic rings. The maximum Gasteiger partial charge on any atom is 0.433 e. The van der Waals surface area contributed by atoms with Gasteiger partial charge in [-0.1, -0.05) is 12.6 Å². The van der Waals surface area contributed by atoms with E-state index in [1.165, 1.54) is 12.1 Å². The highest BCUT2D eigenvalue weighted by atomic mass is 32.2. The largest absolute Gasteiger partial charge is 0.433 e. The molecule has 0 N–H and O–H groups in total. The minimum Gasteiger partial charge on any atom is -0.372 e. The van der Waals surface area contributed by atoms with Crippen LogP contribution in [0.3, 0.4) is 0 Å². The van der Waals surface area contributed by atoms with Crippen molar-refractivity contribution in [1.82, 2.24) is 14.8 Å². The molecule has 10 heteroatoms. The Morgan fingerprint density at radius 2 is 2.24 bits per heavy atom. The van der Waals surface area contributed by atoms with Gasteiger partial charge in [-0.2, -0.15) is 18.3 Å². The lowest BCUT2D eigenvalue weighted by molar-refractivity contribution is -0.141. The Morgan fingerprint density at radius 1 is 1.48 bits per heavy atom. The summed E-state index contributed by atoms with van der Waals surface area (Å²) in [5.41, 5.74) is 0.333. The zero-order valence-corrected chi connectivity index (χ0v) is 16.9. The summed E-state index contributed by atoms with van der Waals surface area (Å²) < 4.78 is 64.1. The molecule has 0 saturated carbocycles.